The molecule has 4 nitrogen and oxygen atoms in total. The van der Waals surface area contributed by atoms with Gasteiger partial charge in [0.15, 0.2) is 0 Å². The van der Waals surface area contributed by atoms with E-state index in [1.165, 1.54) is 11.1 Å². The molecule has 4 heteroatoms. The minimum absolute atomic E-state index is 0.0414. The van der Waals surface area contributed by atoms with E-state index >= 15 is 0 Å². The van der Waals surface area contributed by atoms with E-state index in [1.54, 1.807) is 19.3 Å². The Labute approximate surface area is 138 Å². The van der Waals surface area contributed by atoms with E-state index < -0.39 is 6.29 Å². The van der Waals surface area contributed by atoms with Crippen LogP contribution in [0.5, 0.6) is 0 Å². The molecule has 2 rings (SSSR count). The average molecular weight is 318 g/mol. The average Bonchev–Trinajstić information content (AvgIpc) is 2.73. The van der Waals surface area contributed by atoms with Crippen molar-refractivity contribution in [2.75, 3.05) is 0 Å². The van der Waals surface area contributed by atoms with Gasteiger partial charge in [0.2, 0.25) is 0 Å². The van der Waals surface area contributed by atoms with Gasteiger partial charge in [-0.05, 0) is 50.2 Å². The highest BCUT2D eigenvalue weighted by Gasteiger charge is 2.31. The monoisotopic (exact) mass is 318 g/mol. The van der Waals surface area contributed by atoms with Crippen LogP contribution < -0.4 is 0 Å². The van der Waals surface area contributed by atoms with Gasteiger partial charge in [-0.2, -0.15) is 0 Å². The van der Waals surface area contributed by atoms with Gasteiger partial charge in [-0.15, -0.1) is 0 Å². The van der Waals surface area contributed by atoms with Crippen LogP contribution in [0.2, 0.25) is 0 Å². The van der Waals surface area contributed by atoms with Crippen LogP contribution in [0, 0.1) is 5.41 Å². The Morgan fingerprint density at radius 2 is 2.13 bits per heavy atom. The highest BCUT2D eigenvalue weighted by Crippen LogP contribution is 2.41. The van der Waals surface area contributed by atoms with Gasteiger partial charge in [-0.1, -0.05) is 31.6 Å². The Morgan fingerprint density at radius 1 is 1.43 bits per heavy atom. The third-order valence-electron chi connectivity index (χ3n) is 4.31. The van der Waals surface area contributed by atoms with Crippen LogP contribution in [0.4, 0.5) is 0 Å². The van der Waals surface area contributed by atoms with Crippen molar-refractivity contribution in [1.82, 2.24) is 0 Å². The highest BCUT2D eigenvalue weighted by molar-refractivity contribution is 5.89. The van der Waals surface area contributed by atoms with E-state index in [0.717, 1.165) is 18.4 Å². The standard InChI is InChI=1S/C19H26O4/c1-12(11-22-17-9-14(3)18(21)23-17)6-7-16-13(2)8-15(20)10-19(16,4)5/h6-7,9,11,15,17,20H,8,10H2,1-5H3. The number of allylic oxidation sites excluding steroid dienone is 4. The van der Waals surface area contributed by atoms with E-state index in [0.29, 0.717) is 5.57 Å². The highest BCUT2D eigenvalue weighted by atomic mass is 16.7. The summed E-state index contributed by atoms with van der Waals surface area (Å²) in [5, 5.41) is 9.92. The van der Waals surface area contributed by atoms with Crippen molar-refractivity contribution in [3.05, 3.63) is 46.8 Å². The van der Waals surface area contributed by atoms with E-state index in [-0.39, 0.29) is 17.5 Å². The number of hydrogen-bond acceptors (Lipinski definition) is 4. The fourth-order valence-electron chi connectivity index (χ4n) is 3.18. The first-order valence-corrected chi connectivity index (χ1v) is 7.97. The second kappa shape index (κ2) is 6.75. The fraction of sp³-hybridized carbons (Fsp3) is 0.526. The van der Waals surface area contributed by atoms with Gasteiger partial charge in [-0.25, -0.2) is 4.79 Å². The predicted octanol–water partition coefficient (Wildman–Crippen LogP) is 3.79. The topological polar surface area (TPSA) is 55.8 Å². The first kappa shape index (κ1) is 17.5. The third-order valence-corrected chi connectivity index (χ3v) is 4.31. The van der Waals surface area contributed by atoms with Gasteiger partial charge in [-0.3, -0.25) is 0 Å². The van der Waals surface area contributed by atoms with E-state index in [1.807, 2.05) is 13.0 Å². The maximum absolute atomic E-state index is 11.3. The molecule has 2 aliphatic rings. The molecule has 1 aliphatic carbocycles. The molecular formula is C19H26O4. The number of carbonyl (C=O) groups is 1. The Bertz CT molecular complexity index is 605. The maximum atomic E-state index is 11.3. The molecule has 0 saturated carbocycles. The van der Waals surface area contributed by atoms with Crippen LogP contribution >= 0.6 is 0 Å². The van der Waals surface area contributed by atoms with Gasteiger partial charge in [0.05, 0.1) is 12.4 Å². The van der Waals surface area contributed by atoms with Crippen LogP contribution in [0.15, 0.2) is 46.8 Å². The lowest BCUT2D eigenvalue weighted by atomic mass is 9.71. The minimum Gasteiger partial charge on any atom is -0.458 e. The van der Waals surface area contributed by atoms with Crippen LogP contribution in [0.3, 0.4) is 0 Å². The number of carbonyl (C=O) groups excluding carboxylic acids is 1. The molecule has 0 bridgehead atoms. The summed E-state index contributed by atoms with van der Waals surface area (Å²) in [5.74, 6) is -0.333. The first-order valence-electron chi connectivity index (χ1n) is 7.97. The number of hydrogen-bond donors (Lipinski definition) is 1. The molecule has 1 N–H and O–H groups in total. The lowest BCUT2D eigenvalue weighted by Gasteiger charge is -2.35. The minimum atomic E-state index is -0.631. The molecule has 0 radical (unpaired) electrons. The van der Waals surface area contributed by atoms with Gasteiger partial charge < -0.3 is 14.6 Å². The molecule has 0 amide bonds. The fourth-order valence-corrected chi connectivity index (χ4v) is 3.18. The van der Waals surface area contributed by atoms with Crippen LogP contribution in [0.1, 0.15) is 47.5 Å². The van der Waals surface area contributed by atoms with Crippen molar-refractivity contribution in [3.8, 4) is 0 Å². The van der Waals surface area contributed by atoms with Crippen molar-refractivity contribution in [2.24, 2.45) is 5.41 Å². The SMILES string of the molecule is CC(C=CC1=C(C)CC(O)CC1(C)C)=COC1C=C(C)C(=O)O1. The van der Waals surface area contributed by atoms with Crippen LogP contribution in [0.25, 0.3) is 0 Å². The van der Waals surface area contributed by atoms with E-state index in [4.69, 9.17) is 9.47 Å². The summed E-state index contributed by atoms with van der Waals surface area (Å²) >= 11 is 0. The Morgan fingerprint density at radius 3 is 2.70 bits per heavy atom. The summed E-state index contributed by atoms with van der Waals surface area (Å²) in [6, 6.07) is 0. The molecule has 2 unspecified atom stereocenters. The van der Waals surface area contributed by atoms with Crippen molar-refractivity contribution in [2.45, 2.75) is 59.9 Å². The normalized spacial score (nSPS) is 28.2. The van der Waals surface area contributed by atoms with E-state index in [9.17, 15) is 9.90 Å². The second-order valence-corrected chi connectivity index (χ2v) is 7.09. The maximum Gasteiger partial charge on any atom is 0.336 e. The molecule has 126 valence electrons. The zero-order chi connectivity index (χ0) is 17.2. The number of aliphatic hydroxyl groups is 1. The van der Waals surface area contributed by atoms with Crippen molar-refractivity contribution in [3.63, 3.8) is 0 Å². The number of esters is 1. The smallest absolute Gasteiger partial charge is 0.336 e. The Hall–Kier alpha value is -1.81. The Balaban J connectivity index is 2.03. The van der Waals surface area contributed by atoms with Crippen molar-refractivity contribution >= 4 is 5.97 Å². The molecule has 2 atom stereocenters. The molecule has 0 spiro atoms. The molecule has 1 heterocycles. The number of cyclic esters (lactones) is 1. The third kappa shape index (κ3) is 4.35. The zero-order valence-electron chi connectivity index (χ0n) is 14.6. The number of rotatable bonds is 4. The van der Waals surface area contributed by atoms with Crippen molar-refractivity contribution in [1.29, 1.82) is 0 Å². The molecule has 0 aromatic carbocycles. The summed E-state index contributed by atoms with van der Waals surface area (Å²) in [4.78, 5) is 11.3. The summed E-state index contributed by atoms with van der Waals surface area (Å²) in [6.45, 7) is 10.0. The summed E-state index contributed by atoms with van der Waals surface area (Å²) in [7, 11) is 0. The van der Waals surface area contributed by atoms with Crippen LogP contribution in [-0.4, -0.2) is 23.5 Å². The van der Waals surface area contributed by atoms with E-state index in [2.05, 4.69) is 26.8 Å². The first-order chi connectivity index (χ1) is 10.7. The Kier molecular flexibility index (Phi) is 5.15. The van der Waals surface area contributed by atoms with Gasteiger partial charge in [0.1, 0.15) is 0 Å². The summed E-state index contributed by atoms with van der Waals surface area (Å²) in [5.41, 5.74) is 3.95. The molecule has 0 saturated heterocycles. The molecule has 0 aromatic rings. The molecule has 0 fully saturated rings. The van der Waals surface area contributed by atoms with Gasteiger partial charge in [0, 0.05) is 11.6 Å². The molecule has 23 heavy (non-hydrogen) atoms. The van der Waals surface area contributed by atoms with Gasteiger partial charge >= 0.3 is 5.97 Å². The quantitative estimate of drug-likeness (QED) is 0.487. The lowest BCUT2D eigenvalue weighted by molar-refractivity contribution is -0.152. The number of ether oxygens (including phenoxy) is 2. The molecular weight excluding hydrogens is 292 g/mol. The molecule has 1 aliphatic heterocycles. The second-order valence-electron chi connectivity index (χ2n) is 7.09. The lowest BCUT2D eigenvalue weighted by Crippen LogP contribution is -2.28. The van der Waals surface area contributed by atoms with Crippen molar-refractivity contribution < 1.29 is 19.4 Å². The summed E-state index contributed by atoms with van der Waals surface area (Å²) < 4.78 is 10.5. The molecule has 0 aromatic heterocycles. The predicted molar refractivity (Wildman–Crippen MR) is 89.3 cm³/mol. The largest absolute Gasteiger partial charge is 0.458 e. The zero-order valence-corrected chi connectivity index (χ0v) is 14.6. The number of aliphatic hydroxyl groups excluding tert-OH is 1. The summed E-state index contributed by atoms with van der Waals surface area (Å²) in [6.07, 6.45) is 7.96. The van der Waals surface area contributed by atoms with Crippen LogP contribution in [-0.2, 0) is 14.3 Å². The van der Waals surface area contributed by atoms with Gasteiger partial charge in [0.25, 0.3) is 6.29 Å².